The maximum atomic E-state index is 10.1. The van der Waals surface area contributed by atoms with Gasteiger partial charge in [-0.05, 0) is 6.26 Å². The molecule has 1 saturated heterocycles. The lowest BCUT2D eigenvalue weighted by molar-refractivity contribution is -0.0548. The van der Waals surface area contributed by atoms with E-state index >= 15 is 0 Å². The van der Waals surface area contributed by atoms with Crippen LogP contribution in [0.2, 0.25) is 0 Å². The van der Waals surface area contributed by atoms with Gasteiger partial charge in [-0.15, -0.1) is 0 Å². The van der Waals surface area contributed by atoms with Crippen molar-refractivity contribution in [1.82, 2.24) is 19.5 Å². The third kappa shape index (κ3) is 1.98. The molecule has 0 aromatic carbocycles. The van der Waals surface area contributed by atoms with E-state index in [1.54, 1.807) is 10.8 Å². The molecule has 0 spiro atoms. The fraction of sp³-hybridized carbons (Fsp3) is 0.545. The highest BCUT2D eigenvalue weighted by atomic mass is 32.2. The van der Waals surface area contributed by atoms with E-state index in [0.29, 0.717) is 16.3 Å². The molecule has 1 fully saturated rings. The summed E-state index contributed by atoms with van der Waals surface area (Å²) in [7, 11) is 0. The molecular formula is C11H14N4O4S. The molecule has 0 amide bonds. The summed E-state index contributed by atoms with van der Waals surface area (Å²) in [6, 6.07) is 0. The lowest BCUT2D eigenvalue weighted by Gasteiger charge is -2.18. The van der Waals surface area contributed by atoms with Gasteiger partial charge in [-0.25, -0.2) is 15.0 Å². The Bertz CT molecular complexity index is 621. The fourth-order valence-electron chi connectivity index (χ4n) is 2.29. The van der Waals surface area contributed by atoms with Crippen molar-refractivity contribution in [3.63, 3.8) is 0 Å². The molecule has 4 atom stereocenters. The topological polar surface area (TPSA) is 114 Å². The first-order valence-electron chi connectivity index (χ1n) is 6.01. The molecule has 8 nitrogen and oxygen atoms in total. The van der Waals surface area contributed by atoms with Crippen LogP contribution in [-0.4, -0.2) is 66.0 Å². The zero-order valence-corrected chi connectivity index (χ0v) is 11.4. The average Bonchev–Trinajstić information content (AvgIpc) is 2.98. The maximum Gasteiger partial charge on any atom is 0.172 e. The molecule has 1 aliphatic rings. The van der Waals surface area contributed by atoms with Gasteiger partial charge < -0.3 is 20.1 Å². The molecule has 0 saturated carbocycles. The summed E-state index contributed by atoms with van der Waals surface area (Å²) in [5.74, 6) is 0. The van der Waals surface area contributed by atoms with Crippen LogP contribution in [0.4, 0.5) is 0 Å². The van der Waals surface area contributed by atoms with Crippen LogP contribution in [-0.2, 0) is 4.74 Å². The lowest BCUT2D eigenvalue weighted by Crippen LogP contribution is -2.33. The predicted octanol–water partition coefficient (Wildman–Crippen LogP) is -0.840. The summed E-state index contributed by atoms with van der Waals surface area (Å²) in [6.07, 6.45) is 0.802. The summed E-state index contributed by atoms with van der Waals surface area (Å²) in [6.45, 7) is -0.370. The van der Waals surface area contributed by atoms with Crippen molar-refractivity contribution in [3.05, 3.63) is 12.5 Å². The lowest BCUT2D eigenvalue weighted by atomic mass is 10.1. The minimum Gasteiger partial charge on any atom is -0.394 e. The third-order valence-electron chi connectivity index (χ3n) is 3.28. The first kappa shape index (κ1) is 13.7. The third-order valence-corrected chi connectivity index (χ3v) is 3.93. The number of imidazole rings is 1. The molecule has 2 aromatic heterocycles. The van der Waals surface area contributed by atoms with Gasteiger partial charge in [0.15, 0.2) is 17.0 Å². The normalized spacial score (nSPS) is 30.2. The van der Waals surface area contributed by atoms with Crippen LogP contribution in [0.5, 0.6) is 0 Å². The van der Waals surface area contributed by atoms with Crippen LogP contribution in [0.15, 0.2) is 17.7 Å². The molecule has 0 bridgehead atoms. The van der Waals surface area contributed by atoms with Crippen molar-refractivity contribution in [1.29, 1.82) is 0 Å². The Balaban J connectivity index is 2.10. The van der Waals surface area contributed by atoms with Crippen LogP contribution in [0.25, 0.3) is 11.2 Å². The number of hydrogen-bond donors (Lipinski definition) is 3. The van der Waals surface area contributed by atoms with Crippen molar-refractivity contribution >= 4 is 22.9 Å². The number of fused-ring (bicyclic) bond motifs is 1. The number of aromatic nitrogens is 4. The van der Waals surface area contributed by atoms with Gasteiger partial charge in [0.05, 0.1) is 12.8 Å². The second kappa shape index (κ2) is 5.26. The first-order chi connectivity index (χ1) is 9.67. The molecule has 2 aromatic rings. The number of rotatable bonds is 3. The van der Waals surface area contributed by atoms with E-state index in [1.807, 2.05) is 6.26 Å². The Morgan fingerprint density at radius 2 is 2.20 bits per heavy atom. The van der Waals surface area contributed by atoms with Crippen LogP contribution in [0.3, 0.4) is 0 Å². The van der Waals surface area contributed by atoms with E-state index < -0.39 is 24.5 Å². The fourth-order valence-corrected chi connectivity index (χ4v) is 2.87. The molecule has 3 rings (SSSR count). The van der Waals surface area contributed by atoms with E-state index in [0.717, 1.165) is 0 Å². The molecule has 0 aliphatic carbocycles. The minimum absolute atomic E-state index is 0.370. The van der Waals surface area contributed by atoms with Crippen LogP contribution in [0, 0.1) is 0 Å². The summed E-state index contributed by atoms with van der Waals surface area (Å²) in [4.78, 5) is 12.4. The van der Waals surface area contributed by atoms with Gasteiger partial charge in [0.25, 0.3) is 0 Å². The van der Waals surface area contributed by atoms with Gasteiger partial charge in [-0.1, -0.05) is 11.8 Å². The van der Waals surface area contributed by atoms with Crippen molar-refractivity contribution in [2.45, 2.75) is 29.7 Å². The SMILES string of the molecule is CSc1nc2cncnc2n1[C@@H]1O[C@H](CO)[C@@H](O)[C@H]1O. The zero-order chi connectivity index (χ0) is 14.3. The Hall–Kier alpha value is -1.26. The number of hydrogen-bond acceptors (Lipinski definition) is 8. The van der Waals surface area contributed by atoms with Gasteiger partial charge in [-0.2, -0.15) is 0 Å². The van der Waals surface area contributed by atoms with Crippen molar-refractivity contribution in [2.24, 2.45) is 0 Å². The van der Waals surface area contributed by atoms with E-state index in [2.05, 4.69) is 15.0 Å². The van der Waals surface area contributed by atoms with Crippen LogP contribution in [0.1, 0.15) is 6.23 Å². The summed E-state index contributed by atoms with van der Waals surface area (Å²) in [5.41, 5.74) is 1.09. The number of nitrogens with zero attached hydrogens (tertiary/aromatic N) is 4. The standard InChI is InChI=1S/C11H14N4O4S/c1-20-11-14-5-2-12-4-13-9(5)15(11)10-8(18)7(17)6(3-16)19-10/h2,4,6-8,10,16-18H,3H2,1H3/t6-,7-,8-,10-/m1/s1. The Labute approximate surface area is 118 Å². The first-order valence-corrected chi connectivity index (χ1v) is 7.24. The van der Waals surface area contributed by atoms with Crippen molar-refractivity contribution in [2.75, 3.05) is 12.9 Å². The Morgan fingerprint density at radius 3 is 2.85 bits per heavy atom. The van der Waals surface area contributed by atoms with E-state index in [9.17, 15) is 10.2 Å². The number of aliphatic hydroxyl groups excluding tert-OH is 3. The highest BCUT2D eigenvalue weighted by molar-refractivity contribution is 7.98. The Kier molecular flexibility index (Phi) is 3.61. The average molecular weight is 298 g/mol. The van der Waals surface area contributed by atoms with Gasteiger partial charge in [0.1, 0.15) is 30.2 Å². The molecule has 1 aliphatic heterocycles. The predicted molar refractivity (Wildman–Crippen MR) is 70.1 cm³/mol. The minimum atomic E-state index is -1.16. The molecular weight excluding hydrogens is 284 g/mol. The molecule has 9 heteroatoms. The van der Waals surface area contributed by atoms with Crippen LogP contribution < -0.4 is 0 Å². The molecule has 20 heavy (non-hydrogen) atoms. The van der Waals surface area contributed by atoms with Gasteiger partial charge in [-0.3, -0.25) is 4.57 Å². The van der Waals surface area contributed by atoms with Gasteiger partial charge in [0.2, 0.25) is 0 Å². The molecule has 3 N–H and O–H groups in total. The van der Waals surface area contributed by atoms with Gasteiger partial charge >= 0.3 is 0 Å². The summed E-state index contributed by atoms with van der Waals surface area (Å²) < 4.78 is 7.15. The monoisotopic (exact) mass is 298 g/mol. The number of aliphatic hydroxyl groups is 3. The Morgan fingerprint density at radius 1 is 1.40 bits per heavy atom. The molecule has 0 radical (unpaired) electrons. The second-order valence-corrected chi connectivity index (χ2v) is 5.20. The van der Waals surface area contributed by atoms with E-state index in [4.69, 9.17) is 9.84 Å². The van der Waals surface area contributed by atoms with Crippen molar-refractivity contribution in [3.8, 4) is 0 Å². The molecule has 108 valence electrons. The number of thioether (sulfide) groups is 1. The quantitative estimate of drug-likeness (QED) is 0.629. The largest absolute Gasteiger partial charge is 0.394 e. The number of ether oxygens (including phenoxy) is 1. The van der Waals surface area contributed by atoms with Gasteiger partial charge in [0, 0.05) is 0 Å². The molecule has 0 unspecified atom stereocenters. The summed E-state index contributed by atoms with van der Waals surface area (Å²) >= 11 is 1.37. The van der Waals surface area contributed by atoms with Crippen LogP contribution >= 0.6 is 11.8 Å². The zero-order valence-electron chi connectivity index (χ0n) is 10.6. The highest BCUT2D eigenvalue weighted by Crippen LogP contribution is 2.34. The highest BCUT2D eigenvalue weighted by Gasteiger charge is 2.44. The smallest absolute Gasteiger partial charge is 0.172 e. The summed E-state index contributed by atoms with van der Waals surface area (Å²) in [5, 5.41) is 29.7. The maximum absolute atomic E-state index is 10.1. The van der Waals surface area contributed by atoms with E-state index in [1.165, 1.54) is 18.1 Å². The molecule has 3 heterocycles. The second-order valence-electron chi connectivity index (χ2n) is 4.43. The van der Waals surface area contributed by atoms with Crippen molar-refractivity contribution < 1.29 is 20.1 Å². The van der Waals surface area contributed by atoms with E-state index in [-0.39, 0.29) is 6.61 Å².